The van der Waals surface area contributed by atoms with Crippen molar-refractivity contribution in [3.05, 3.63) is 48.0 Å². The number of carboxylic acids is 1. The molecule has 0 spiro atoms. The first-order valence-corrected chi connectivity index (χ1v) is 10.4. The molecule has 2 rings (SSSR count). The summed E-state index contributed by atoms with van der Waals surface area (Å²) in [6.07, 6.45) is 0.638. The van der Waals surface area contributed by atoms with Crippen LogP contribution in [0.5, 0.6) is 5.75 Å². The quantitative estimate of drug-likeness (QED) is 0.478. The van der Waals surface area contributed by atoms with E-state index in [2.05, 4.69) is 10.6 Å². The van der Waals surface area contributed by atoms with Crippen LogP contribution in [0.25, 0.3) is 0 Å². The number of benzene rings is 2. The number of aliphatic carboxylic acids is 1. The number of amides is 3. The number of carbonyl (C=O) groups is 3. The van der Waals surface area contributed by atoms with E-state index in [1.54, 1.807) is 29.3 Å². The van der Waals surface area contributed by atoms with Gasteiger partial charge < -0.3 is 20.5 Å². The van der Waals surface area contributed by atoms with Crippen LogP contribution >= 0.6 is 0 Å². The molecule has 0 unspecified atom stereocenters. The standard InChI is InChI=1S/C23H30N4O5/c1-5-13-26(14-12-22(29)30)27(17(3)28)18-10-11-20(21(15-18)32-4)25-23(31)24-19-9-7-6-8-16(19)2/h6-11,15H,5,12-14H2,1-4H3,(H,29,30)(H2,24,25,31). The van der Waals surface area contributed by atoms with E-state index in [-0.39, 0.29) is 18.9 Å². The maximum atomic E-state index is 12.5. The van der Waals surface area contributed by atoms with Gasteiger partial charge >= 0.3 is 12.0 Å². The molecule has 3 N–H and O–H groups in total. The number of aryl methyl sites for hydroxylation is 1. The summed E-state index contributed by atoms with van der Waals surface area (Å²) in [6, 6.07) is 11.9. The number of nitrogens with one attached hydrogen (secondary N) is 2. The molecule has 0 heterocycles. The van der Waals surface area contributed by atoms with Gasteiger partial charge in [0.15, 0.2) is 0 Å². The predicted molar refractivity (Wildman–Crippen MR) is 124 cm³/mol. The van der Waals surface area contributed by atoms with E-state index in [1.807, 2.05) is 32.0 Å². The van der Waals surface area contributed by atoms with E-state index in [4.69, 9.17) is 9.84 Å². The zero-order chi connectivity index (χ0) is 23.7. The third-order valence-corrected chi connectivity index (χ3v) is 4.72. The average Bonchev–Trinajstić information content (AvgIpc) is 2.74. The van der Waals surface area contributed by atoms with Gasteiger partial charge in [0.05, 0.1) is 24.9 Å². The smallest absolute Gasteiger partial charge is 0.323 e. The fourth-order valence-corrected chi connectivity index (χ4v) is 3.24. The van der Waals surface area contributed by atoms with Crippen LogP contribution in [0.3, 0.4) is 0 Å². The molecule has 0 aromatic heterocycles. The van der Waals surface area contributed by atoms with E-state index in [1.165, 1.54) is 19.0 Å². The van der Waals surface area contributed by atoms with Crippen molar-refractivity contribution in [3.63, 3.8) is 0 Å². The summed E-state index contributed by atoms with van der Waals surface area (Å²) in [5.74, 6) is -0.835. The molecule has 0 aliphatic carbocycles. The lowest BCUT2D eigenvalue weighted by atomic mass is 10.2. The molecule has 2 aromatic carbocycles. The molecule has 172 valence electrons. The molecule has 0 saturated heterocycles. The SMILES string of the molecule is CCCN(CCC(=O)O)N(C(C)=O)c1ccc(NC(=O)Nc2ccccc2C)c(OC)c1. The number of hydrazine groups is 1. The van der Waals surface area contributed by atoms with Crippen molar-refractivity contribution in [1.82, 2.24) is 5.01 Å². The fraction of sp³-hybridized carbons (Fsp3) is 0.348. The van der Waals surface area contributed by atoms with Gasteiger partial charge in [0.1, 0.15) is 5.75 Å². The molecule has 9 heteroatoms. The number of urea groups is 1. The van der Waals surface area contributed by atoms with Gasteiger partial charge in [0.2, 0.25) is 5.91 Å². The first-order valence-electron chi connectivity index (χ1n) is 10.4. The largest absolute Gasteiger partial charge is 0.494 e. The van der Waals surface area contributed by atoms with Crippen LogP contribution in [0.2, 0.25) is 0 Å². The highest BCUT2D eigenvalue weighted by molar-refractivity contribution is 6.01. The Morgan fingerprint density at radius 3 is 2.31 bits per heavy atom. The van der Waals surface area contributed by atoms with Crippen LogP contribution in [0.1, 0.15) is 32.3 Å². The number of methoxy groups -OCH3 is 1. The number of para-hydroxylation sites is 1. The highest BCUT2D eigenvalue weighted by Gasteiger charge is 2.22. The van der Waals surface area contributed by atoms with Crippen molar-refractivity contribution in [2.45, 2.75) is 33.6 Å². The predicted octanol–water partition coefficient (Wildman–Crippen LogP) is 4.10. The summed E-state index contributed by atoms with van der Waals surface area (Å²) >= 11 is 0. The van der Waals surface area contributed by atoms with Gasteiger partial charge in [-0.2, -0.15) is 0 Å². The summed E-state index contributed by atoms with van der Waals surface area (Å²) in [4.78, 5) is 35.9. The molecule has 0 bridgehead atoms. The Hall–Kier alpha value is -3.59. The van der Waals surface area contributed by atoms with Crippen molar-refractivity contribution in [1.29, 1.82) is 0 Å². The Balaban J connectivity index is 2.25. The minimum Gasteiger partial charge on any atom is -0.494 e. The molecule has 2 aromatic rings. The van der Waals surface area contributed by atoms with Crippen molar-refractivity contribution in [3.8, 4) is 5.75 Å². The number of anilines is 3. The van der Waals surface area contributed by atoms with Crippen LogP contribution in [-0.4, -0.2) is 48.2 Å². The van der Waals surface area contributed by atoms with Gasteiger partial charge in [0, 0.05) is 31.8 Å². The van der Waals surface area contributed by atoms with Gasteiger partial charge in [-0.15, -0.1) is 0 Å². The Morgan fingerprint density at radius 1 is 1.03 bits per heavy atom. The highest BCUT2D eigenvalue weighted by atomic mass is 16.5. The fourth-order valence-electron chi connectivity index (χ4n) is 3.24. The normalized spacial score (nSPS) is 10.5. The molecule has 0 saturated carbocycles. The first kappa shape index (κ1) is 24.7. The second-order valence-electron chi connectivity index (χ2n) is 7.21. The van der Waals surface area contributed by atoms with E-state index in [0.717, 1.165) is 12.0 Å². The molecule has 3 amide bonds. The third kappa shape index (κ3) is 6.71. The molecule has 0 fully saturated rings. The van der Waals surface area contributed by atoms with Gasteiger partial charge in [-0.3, -0.25) is 9.59 Å². The van der Waals surface area contributed by atoms with Crippen molar-refractivity contribution in [2.24, 2.45) is 0 Å². The summed E-state index contributed by atoms with van der Waals surface area (Å²) in [6.45, 7) is 5.95. The van der Waals surface area contributed by atoms with Gasteiger partial charge in [-0.05, 0) is 37.1 Å². The van der Waals surface area contributed by atoms with E-state index in [9.17, 15) is 14.4 Å². The first-order chi connectivity index (χ1) is 15.3. The number of carboxylic acid groups (broad SMARTS) is 1. The van der Waals surface area contributed by atoms with Gasteiger partial charge in [-0.25, -0.2) is 14.8 Å². The lowest BCUT2D eigenvalue weighted by molar-refractivity contribution is -0.137. The molecule has 0 aliphatic heterocycles. The van der Waals surface area contributed by atoms with E-state index in [0.29, 0.717) is 29.4 Å². The number of rotatable bonds is 10. The lowest BCUT2D eigenvalue weighted by Crippen LogP contribution is -2.47. The van der Waals surface area contributed by atoms with Crippen LogP contribution in [0.15, 0.2) is 42.5 Å². The minimum absolute atomic E-state index is 0.0976. The molecule has 0 atom stereocenters. The van der Waals surface area contributed by atoms with Crippen LogP contribution in [-0.2, 0) is 9.59 Å². The maximum absolute atomic E-state index is 12.5. The average molecular weight is 443 g/mol. The Labute approximate surface area is 187 Å². The van der Waals surface area contributed by atoms with Crippen molar-refractivity contribution in [2.75, 3.05) is 35.8 Å². The highest BCUT2D eigenvalue weighted by Crippen LogP contribution is 2.31. The van der Waals surface area contributed by atoms with Crippen LogP contribution in [0, 0.1) is 6.92 Å². The maximum Gasteiger partial charge on any atom is 0.323 e. The van der Waals surface area contributed by atoms with Gasteiger partial charge in [0.25, 0.3) is 0 Å². The number of ether oxygens (including phenoxy) is 1. The zero-order valence-electron chi connectivity index (χ0n) is 18.8. The Morgan fingerprint density at radius 2 is 1.72 bits per heavy atom. The summed E-state index contributed by atoms with van der Waals surface area (Å²) in [5, 5.41) is 17.7. The molecule has 0 radical (unpaired) electrons. The zero-order valence-corrected chi connectivity index (χ0v) is 18.8. The minimum atomic E-state index is -0.939. The van der Waals surface area contributed by atoms with Crippen molar-refractivity contribution >= 4 is 35.0 Å². The summed E-state index contributed by atoms with van der Waals surface area (Å²) in [7, 11) is 1.47. The molecule has 32 heavy (non-hydrogen) atoms. The lowest BCUT2D eigenvalue weighted by Gasteiger charge is -2.34. The second kappa shape index (κ2) is 11.7. The van der Waals surface area contributed by atoms with Crippen LogP contribution in [0.4, 0.5) is 21.9 Å². The molecular weight excluding hydrogens is 412 g/mol. The number of hydrogen-bond donors (Lipinski definition) is 3. The molecule has 0 aliphatic rings. The monoisotopic (exact) mass is 442 g/mol. The Kier molecular flexibility index (Phi) is 9.03. The summed E-state index contributed by atoms with van der Waals surface area (Å²) in [5.41, 5.74) is 2.56. The Bertz CT molecular complexity index is 963. The van der Waals surface area contributed by atoms with Crippen LogP contribution < -0.4 is 20.4 Å². The second-order valence-corrected chi connectivity index (χ2v) is 7.21. The van der Waals surface area contributed by atoms with E-state index < -0.39 is 12.0 Å². The molecular formula is C23H30N4O5. The van der Waals surface area contributed by atoms with Crippen molar-refractivity contribution < 1.29 is 24.2 Å². The third-order valence-electron chi connectivity index (χ3n) is 4.72. The number of hydrogen-bond acceptors (Lipinski definition) is 5. The van der Waals surface area contributed by atoms with E-state index >= 15 is 0 Å². The van der Waals surface area contributed by atoms with Gasteiger partial charge in [-0.1, -0.05) is 25.1 Å². The number of carbonyl (C=O) groups excluding carboxylic acids is 2. The number of nitrogens with zero attached hydrogens (tertiary/aromatic N) is 2. The summed E-state index contributed by atoms with van der Waals surface area (Å²) < 4.78 is 5.44. The topological polar surface area (TPSA) is 111 Å². The molecule has 9 nitrogen and oxygen atoms in total.